The lowest BCUT2D eigenvalue weighted by Crippen LogP contribution is -2.55. The Balaban J connectivity index is 1.47. The van der Waals surface area contributed by atoms with Crippen molar-refractivity contribution < 1.29 is 9.53 Å². The molecule has 1 amide bonds. The summed E-state index contributed by atoms with van der Waals surface area (Å²) in [5, 5.41) is 0. The maximum Gasteiger partial charge on any atom is 0.236 e. The molecule has 0 aromatic heterocycles. The van der Waals surface area contributed by atoms with E-state index in [-0.39, 0.29) is 0 Å². The van der Waals surface area contributed by atoms with Gasteiger partial charge in [0.15, 0.2) is 0 Å². The molecule has 5 nitrogen and oxygen atoms in total. The molecule has 0 radical (unpaired) electrons. The summed E-state index contributed by atoms with van der Waals surface area (Å²) < 4.78 is 5.33. The summed E-state index contributed by atoms with van der Waals surface area (Å²) in [6.45, 7) is 12.3. The van der Waals surface area contributed by atoms with Gasteiger partial charge in [0.25, 0.3) is 0 Å². The van der Waals surface area contributed by atoms with Gasteiger partial charge < -0.3 is 9.64 Å². The molecule has 2 fully saturated rings. The number of piperazine rings is 1. The molecule has 150 valence electrons. The van der Waals surface area contributed by atoms with E-state index in [1.54, 1.807) is 13.2 Å². The van der Waals surface area contributed by atoms with Crippen molar-refractivity contribution in [2.75, 3.05) is 52.9 Å². The molecule has 3 aliphatic rings. The molecule has 2 heterocycles. The molecule has 0 spiro atoms. The van der Waals surface area contributed by atoms with Crippen molar-refractivity contribution in [3.05, 3.63) is 35.6 Å². The van der Waals surface area contributed by atoms with E-state index in [2.05, 4.69) is 34.3 Å². The number of methoxy groups -OCH3 is 1. The first-order valence-corrected chi connectivity index (χ1v) is 10.4. The highest BCUT2D eigenvalue weighted by molar-refractivity contribution is 5.78. The molecule has 0 aromatic carbocycles. The van der Waals surface area contributed by atoms with Gasteiger partial charge in [0.05, 0.1) is 13.7 Å². The Morgan fingerprint density at radius 3 is 2.44 bits per heavy atom. The second kappa shape index (κ2) is 9.56. The average Bonchev–Trinajstić information content (AvgIpc) is 2.81. The van der Waals surface area contributed by atoms with Crippen LogP contribution >= 0.6 is 0 Å². The van der Waals surface area contributed by atoms with Gasteiger partial charge in [0.2, 0.25) is 5.91 Å². The standard InChI is InChI=1S/C22H35N3O2/c1-4-21(27-3)16-19-9-11-23(10-8-18(19)2)17-22(26)25-14-12-24(13-15-25)20-6-5-7-20/h4,16,20H,1,5-15,17H2,2-3H3/b21-16+. The maximum atomic E-state index is 12.8. The monoisotopic (exact) mass is 373 g/mol. The molecular weight excluding hydrogens is 338 g/mol. The molecule has 0 N–H and O–H groups in total. The Labute approximate surface area is 164 Å². The van der Waals surface area contributed by atoms with Gasteiger partial charge in [-0.25, -0.2) is 0 Å². The van der Waals surface area contributed by atoms with Crippen LogP contribution in [0.1, 0.15) is 39.0 Å². The molecule has 27 heavy (non-hydrogen) atoms. The molecule has 0 aromatic rings. The average molecular weight is 374 g/mol. The highest BCUT2D eigenvalue weighted by Gasteiger charge is 2.29. The summed E-state index contributed by atoms with van der Waals surface area (Å²) in [6.07, 6.45) is 9.87. The summed E-state index contributed by atoms with van der Waals surface area (Å²) in [5.74, 6) is 1.10. The van der Waals surface area contributed by atoms with Gasteiger partial charge >= 0.3 is 0 Å². The number of rotatable bonds is 6. The molecule has 1 saturated heterocycles. The van der Waals surface area contributed by atoms with Crippen LogP contribution in [0.5, 0.6) is 0 Å². The Hall–Kier alpha value is -1.59. The van der Waals surface area contributed by atoms with E-state index in [0.717, 1.165) is 63.9 Å². The number of carbonyl (C=O) groups is 1. The van der Waals surface area contributed by atoms with E-state index >= 15 is 0 Å². The third-order valence-electron chi connectivity index (χ3n) is 6.42. The molecule has 0 bridgehead atoms. The van der Waals surface area contributed by atoms with Gasteiger partial charge in [-0.15, -0.1) is 0 Å². The molecule has 3 rings (SSSR count). The molecule has 0 unspecified atom stereocenters. The number of amides is 1. The van der Waals surface area contributed by atoms with Crippen molar-refractivity contribution in [3.8, 4) is 0 Å². The van der Waals surface area contributed by atoms with Crippen LogP contribution < -0.4 is 0 Å². The Morgan fingerprint density at radius 1 is 1.15 bits per heavy atom. The number of hydrogen-bond donors (Lipinski definition) is 0. The third kappa shape index (κ3) is 5.23. The number of ether oxygens (including phenoxy) is 1. The summed E-state index contributed by atoms with van der Waals surface area (Å²) in [6, 6.07) is 0.793. The predicted molar refractivity (Wildman–Crippen MR) is 109 cm³/mol. The fourth-order valence-electron chi connectivity index (χ4n) is 4.20. The van der Waals surface area contributed by atoms with Crippen molar-refractivity contribution in [2.45, 2.75) is 45.1 Å². The summed E-state index contributed by atoms with van der Waals surface area (Å²) in [7, 11) is 1.68. The van der Waals surface area contributed by atoms with Crippen LogP contribution in [0, 0.1) is 0 Å². The van der Waals surface area contributed by atoms with Crippen LogP contribution in [-0.4, -0.2) is 79.6 Å². The number of hydrogen-bond acceptors (Lipinski definition) is 4. The second-order valence-corrected chi connectivity index (χ2v) is 8.04. The molecule has 5 heteroatoms. The van der Waals surface area contributed by atoms with Crippen LogP contribution in [-0.2, 0) is 9.53 Å². The quantitative estimate of drug-likeness (QED) is 0.530. The lowest BCUT2D eigenvalue weighted by Gasteiger charge is -2.43. The highest BCUT2D eigenvalue weighted by atomic mass is 16.5. The predicted octanol–water partition coefficient (Wildman–Crippen LogP) is 2.81. The normalized spacial score (nSPS) is 23.8. The van der Waals surface area contributed by atoms with E-state index in [1.165, 1.54) is 30.4 Å². The van der Waals surface area contributed by atoms with Crippen LogP contribution in [0.3, 0.4) is 0 Å². The zero-order valence-electron chi connectivity index (χ0n) is 17.1. The second-order valence-electron chi connectivity index (χ2n) is 8.04. The Bertz CT molecular complexity index is 599. The zero-order chi connectivity index (χ0) is 19.2. The minimum absolute atomic E-state index is 0.295. The first kappa shape index (κ1) is 20.2. The summed E-state index contributed by atoms with van der Waals surface area (Å²) in [5.41, 5.74) is 2.70. The van der Waals surface area contributed by atoms with Crippen molar-refractivity contribution in [2.24, 2.45) is 0 Å². The van der Waals surface area contributed by atoms with Crippen molar-refractivity contribution in [3.63, 3.8) is 0 Å². The van der Waals surface area contributed by atoms with Crippen LogP contribution in [0.25, 0.3) is 0 Å². The number of nitrogens with zero attached hydrogens (tertiary/aromatic N) is 3. The third-order valence-corrected chi connectivity index (χ3v) is 6.42. The largest absolute Gasteiger partial charge is 0.497 e. The molecular formula is C22H35N3O2. The van der Waals surface area contributed by atoms with Crippen LogP contribution in [0.2, 0.25) is 0 Å². The number of allylic oxidation sites excluding steroid dienone is 2. The zero-order valence-corrected chi connectivity index (χ0v) is 17.1. The SMILES string of the molecule is C=C/C(=C\C1=C(C)CCN(CC(=O)N2CCN(C3CCC3)CC2)CC1)OC. The number of carbonyl (C=O) groups excluding carboxylic acids is 1. The van der Waals surface area contributed by atoms with E-state index in [9.17, 15) is 4.79 Å². The fraction of sp³-hybridized carbons (Fsp3) is 0.682. The van der Waals surface area contributed by atoms with Gasteiger partial charge in [0.1, 0.15) is 5.76 Å². The summed E-state index contributed by atoms with van der Waals surface area (Å²) in [4.78, 5) is 19.7. The lowest BCUT2D eigenvalue weighted by molar-refractivity contribution is -0.134. The topological polar surface area (TPSA) is 36.0 Å². The van der Waals surface area contributed by atoms with Gasteiger partial charge in [-0.3, -0.25) is 14.6 Å². The maximum absolute atomic E-state index is 12.8. The molecule has 1 saturated carbocycles. The molecule has 0 atom stereocenters. The fourth-order valence-corrected chi connectivity index (χ4v) is 4.20. The minimum atomic E-state index is 0.295. The lowest BCUT2D eigenvalue weighted by atomic mass is 9.91. The van der Waals surface area contributed by atoms with Gasteiger partial charge in [0, 0.05) is 45.3 Å². The van der Waals surface area contributed by atoms with Gasteiger partial charge in [-0.1, -0.05) is 18.6 Å². The van der Waals surface area contributed by atoms with Crippen molar-refractivity contribution in [1.82, 2.24) is 14.7 Å². The van der Waals surface area contributed by atoms with E-state index in [0.29, 0.717) is 12.5 Å². The van der Waals surface area contributed by atoms with Gasteiger partial charge in [-0.05, 0) is 50.3 Å². The van der Waals surface area contributed by atoms with Crippen LogP contribution in [0.15, 0.2) is 35.6 Å². The Kier molecular flexibility index (Phi) is 7.13. The first-order valence-electron chi connectivity index (χ1n) is 10.4. The van der Waals surface area contributed by atoms with Crippen LogP contribution in [0.4, 0.5) is 0 Å². The highest BCUT2D eigenvalue weighted by Crippen LogP contribution is 2.25. The first-order chi connectivity index (χ1) is 13.1. The van der Waals surface area contributed by atoms with Gasteiger partial charge in [-0.2, -0.15) is 0 Å². The van der Waals surface area contributed by atoms with Crippen molar-refractivity contribution in [1.29, 1.82) is 0 Å². The van der Waals surface area contributed by atoms with E-state index in [4.69, 9.17) is 4.74 Å². The summed E-state index contributed by atoms with van der Waals surface area (Å²) >= 11 is 0. The smallest absolute Gasteiger partial charge is 0.236 e. The molecule has 1 aliphatic carbocycles. The van der Waals surface area contributed by atoms with E-state index in [1.807, 2.05) is 0 Å². The molecule has 2 aliphatic heterocycles. The van der Waals surface area contributed by atoms with E-state index < -0.39 is 0 Å². The Morgan fingerprint density at radius 2 is 1.85 bits per heavy atom. The minimum Gasteiger partial charge on any atom is -0.497 e. The van der Waals surface area contributed by atoms with Crippen molar-refractivity contribution >= 4 is 5.91 Å².